The van der Waals surface area contributed by atoms with Crippen LogP contribution in [0.15, 0.2) is 91.0 Å². The van der Waals surface area contributed by atoms with Crippen LogP contribution >= 0.6 is 0 Å². The summed E-state index contributed by atoms with van der Waals surface area (Å²) in [5.41, 5.74) is 5.44. The number of hydrogen-bond donors (Lipinski definition) is 2. The standard InChI is InChI=1S/C42H31N9O8S.Na/c52-32-21-31(60(55,56)57)42(54)51(32)59-33(53)16-2-1-9-19-58-22-17-18-29-30(20-22)41-49-39-28-15-8-7-14-27(28)37(47-39)45-35-24-11-4-3-10-23(24)34(43-35)44-36-25-12-5-6-13-26(25)38(46-36)48-40(29)50-41;/h3-8,10-15,17-18,20,31H,1-2,9,16,19,21H2,(H,55,56,57)(H2,43,44,45,46,47,48,49,50);/q;+1/p-1. The van der Waals surface area contributed by atoms with Gasteiger partial charge in [0.05, 0.1) is 13.0 Å². The maximum Gasteiger partial charge on any atom is 1.00 e. The molecule has 7 aromatic rings. The Morgan fingerprint density at radius 3 is 1.62 bits per heavy atom. The maximum atomic E-state index is 12.3. The summed E-state index contributed by atoms with van der Waals surface area (Å²) >= 11 is 0. The van der Waals surface area contributed by atoms with E-state index in [1.165, 1.54) is 0 Å². The first kappa shape index (κ1) is 40.0. The number of nitrogens with one attached hydrogen (secondary N) is 2. The number of carbonyl (C=O) groups is 3. The van der Waals surface area contributed by atoms with Gasteiger partial charge in [-0.15, -0.1) is 5.06 Å². The second-order valence-electron chi connectivity index (χ2n) is 14.3. The number of fused-ring (bicyclic) bond motifs is 20. The summed E-state index contributed by atoms with van der Waals surface area (Å²) < 4.78 is 39.9. The summed E-state index contributed by atoms with van der Waals surface area (Å²) in [6.07, 6.45) is 0.399. The Labute approximate surface area is 367 Å². The molecule has 298 valence electrons. The number of aromatic amines is 2. The van der Waals surface area contributed by atoms with Gasteiger partial charge in [-0.25, -0.2) is 43.1 Å². The Hall–Kier alpha value is -6.44. The molecular formula is C42H30N9NaO8S. The summed E-state index contributed by atoms with van der Waals surface area (Å²) in [4.78, 5) is 78.1. The number of amides is 2. The third-order valence-electron chi connectivity index (χ3n) is 10.4. The summed E-state index contributed by atoms with van der Waals surface area (Å²) in [7, 11) is -5.06. The molecule has 61 heavy (non-hydrogen) atoms. The zero-order chi connectivity index (χ0) is 41.1. The fourth-order valence-electron chi connectivity index (χ4n) is 7.50. The first-order chi connectivity index (χ1) is 29.1. The number of unbranched alkanes of at least 4 members (excludes halogenated alkanes) is 2. The van der Waals surface area contributed by atoms with Crippen LogP contribution in [0.4, 0.5) is 0 Å². The van der Waals surface area contributed by atoms with Crippen molar-refractivity contribution in [2.45, 2.75) is 37.4 Å². The molecule has 0 radical (unpaired) electrons. The molecule has 3 aromatic heterocycles. The molecule has 3 aliphatic heterocycles. The first-order valence-corrected chi connectivity index (χ1v) is 20.5. The number of H-pyrrole nitrogens is 2. The van der Waals surface area contributed by atoms with Crippen molar-refractivity contribution in [3.63, 3.8) is 0 Å². The van der Waals surface area contributed by atoms with E-state index in [1.807, 2.05) is 91.0 Å². The van der Waals surface area contributed by atoms with Crippen LogP contribution in [0.25, 0.3) is 89.7 Å². The van der Waals surface area contributed by atoms with Gasteiger partial charge in [0.25, 0.3) is 11.8 Å². The van der Waals surface area contributed by atoms with Crippen LogP contribution in [0.1, 0.15) is 32.1 Å². The second kappa shape index (κ2) is 15.9. The van der Waals surface area contributed by atoms with Crippen molar-refractivity contribution in [3.05, 3.63) is 91.0 Å². The number of rotatable bonds is 9. The Balaban J connectivity index is 0.00000476. The van der Waals surface area contributed by atoms with Crippen LogP contribution in [-0.2, 0) is 29.3 Å². The fourth-order valence-corrected chi connectivity index (χ4v) is 8.19. The van der Waals surface area contributed by atoms with Crippen molar-refractivity contribution in [1.29, 1.82) is 0 Å². The van der Waals surface area contributed by atoms with Crippen molar-refractivity contribution in [1.82, 2.24) is 44.9 Å². The van der Waals surface area contributed by atoms with E-state index >= 15 is 0 Å². The molecular weight excluding hydrogens is 814 g/mol. The van der Waals surface area contributed by atoms with Crippen LogP contribution in [0.2, 0.25) is 0 Å². The molecule has 0 saturated carbocycles. The Morgan fingerprint density at radius 1 is 0.656 bits per heavy atom. The molecule has 1 atom stereocenters. The smallest absolute Gasteiger partial charge is 0.747 e. The van der Waals surface area contributed by atoms with Crippen LogP contribution in [0.3, 0.4) is 0 Å². The van der Waals surface area contributed by atoms with Gasteiger partial charge in [0.15, 0.2) is 23.3 Å². The second-order valence-corrected chi connectivity index (χ2v) is 15.8. The fraction of sp³-hybridized carbons (Fsp3) is 0.167. The quantitative estimate of drug-likeness (QED) is 0.0920. The minimum atomic E-state index is -5.06. The van der Waals surface area contributed by atoms with E-state index in [9.17, 15) is 27.4 Å². The number of aromatic nitrogens is 8. The average molecular weight is 844 g/mol. The molecule has 6 heterocycles. The summed E-state index contributed by atoms with van der Waals surface area (Å²) in [6, 6.07) is 29.1. The van der Waals surface area contributed by atoms with Crippen LogP contribution < -0.4 is 34.3 Å². The average Bonchev–Trinajstić information content (AvgIpc) is 4.03. The predicted molar refractivity (Wildman–Crippen MR) is 216 cm³/mol. The first-order valence-electron chi connectivity index (χ1n) is 19.0. The number of carbonyl (C=O) groups excluding carboxylic acids is 3. The minimum absolute atomic E-state index is 0. The number of ether oxygens (including phenoxy) is 1. The molecule has 8 bridgehead atoms. The molecule has 1 unspecified atom stereocenters. The third kappa shape index (κ3) is 7.42. The van der Waals surface area contributed by atoms with E-state index in [-0.39, 0.29) is 41.0 Å². The number of imide groups is 1. The molecule has 1 saturated heterocycles. The van der Waals surface area contributed by atoms with Crippen molar-refractivity contribution in [3.8, 4) is 51.3 Å². The van der Waals surface area contributed by atoms with Crippen LogP contribution in [-0.4, -0.2) is 87.5 Å². The van der Waals surface area contributed by atoms with Gasteiger partial charge in [0, 0.05) is 50.2 Å². The van der Waals surface area contributed by atoms with E-state index in [0.717, 1.165) is 38.2 Å². The van der Waals surface area contributed by atoms with Crippen molar-refractivity contribution in [2.75, 3.05) is 6.61 Å². The summed E-state index contributed by atoms with van der Waals surface area (Å²) in [6.45, 7) is 0.295. The molecule has 1 fully saturated rings. The van der Waals surface area contributed by atoms with E-state index in [1.54, 1.807) is 0 Å². The van der Waals surface area contributed by atoms with Gasteiger partial charge in [0.1, 0.15) is 43.7 Å². The number of hydroxylamine groups is 2. The Kier molecular flexibility index (Phi) is 10.4. The van der Waals surface area contributed by atoms with Gasteiger partial charge in [-0.05, 0) is 37.5 Å². The SMILES string of the molecule is O=C(CCCCCOc1ccc2c(c1)-c1nc-2nc2[nH]c(nc3nc(nc4[nH]c(n1)c1ccccc41)-c1ccccc1-3)c1ccccc21)ON1C(=O)CC(S(=O)(=O)[O-])C1=O.[Na+]. The maximum absolute atomic E-state index is 12.3. The third-order valence-corrected chi connectivity index (χ3v) is 11.5. The molecule has 3 aliphatic rings. The predicted octanol–water partition coefficient (Wildman–Crippen LogP) is 2.94. The van der Waals surface area contributed by atoms with Gasteiger partial charge >= 0.3 is 35.5 Å². The largest absolute Gasteiger partial charge is 1.00 e. The van der Waals surface area contributed by atoms with Crippen LogP contribution in [0.5, 0.6) is 5.75 Å². The van der Waals surface area contributed by atoms with Gasteiger partial charge < -0.3 is 24.1 Å². The van der Waals surface area contributed by atoms with Crippen molar-refractivity contribution >= 4 is 72.0 Å². The summed E-state index contributed by atoms with van der Waals surface area (Å²) in [5.74, 6) is -0.885. The van der Waals surface area contributed by atoms with Gasteiger partial charge in [-0.3, -0.25) is 9.59 Å². The molecule has 10 rings (SSSR count). The van der Waals surface area contributed by atoms with E-state index in [4.69, 9.17) is 39.5 Å². The Morgan fingerprint density at radius 2 is 1.13 bits per heavy atom. The molecule has 0 spiro atoms. The zero-order valence-corrected chi connectivity index (χ0v) is 35.1. The molecule has 2 N–H and O–H groups in total. The number of nitrogens with zero attached hydrogens (tertiary/aromatic N) is 7. The number of hydrogen-bond acceptors (Lipinski definition) is 14. The summed E-state index contributed by atoms with van der Waals surface area (Å²) in [5, 5.41) is 1.38. The van der Waals surface area contributed by atoms with Gasteiger partial charge in [-0.1, -0.05) is 72.8 Å². The topological polar surface area (TPSA) is 239 Å². The van der Waals surface area contributed by atoms with Crippen molar-refractivity contribution in [2.24, 2.45) is 0 Å². The van der Waals surface area contributed by atoms with E-state index < -0.39 is 39.6 Å². The molecule has 0 aliphatic carbocycles. The van der Waals surface area contributed by atoms with Gasteiger partial charge in [-0.2, -0.15) is 0 Å². The number of benzene rings is 4. The zero-order valence-electron chi connectivity index (χ0n) is 32.3. The monoisotopic (exact) mass is 843 g/mol. The minimum Gasteiger partial charge on any atom is -0.747 e. The molecule has 4 aromatic carbocycles. The molecule has 17 nitrogen and oxygen atoms in total. The normalized spacial score (nSPS) is 14.5. The van der Waals surface area contributed by atoms with Crippen molar-refractivity contribution < 1.29 is 66.5 Å². The van der Waals surface area contributed by atoms with Gasteiger partial charge in [0.2, 0.25) is 0 Å². The Bertz CT molecular complexity index is 3260. The van der Waals surface area contributed by atoms with Crippen LogP contribution in [0, 0.1) is 0 Å². The van der Waals surface area contributed by atoms with E-state index in [2.05, 4.69) is 9.97 Å². The van der Waals surface area contributed by atoms with E-state index in [0.29, 0.717) is 83.1 Å². The molecule has 2 amide bonds. The molecule has 19 heteroatoms.